The van der Waals surface area contributed by atoms with Gasteiger partial charge >= 0.3 is 195 Å². The second-order valence-corrected chi connectivity index (χ2v) is 45.6. The van der Waals surface area contributed by atoms with Crippen molar-refractivity contribution in [1.82, 2.24) is 0 Å². The molecule has 274 valence electrons. The van der Waals surface area contributed by atoms with Gasteiger partial charge in [-0.2, -0.15) is 0 Å². The first-order valence-corrected chi connectivity index (χ1v) is 29.5. The molecule has 0 N–H and O–H groups in total. The first-order valence-electron chi connectivity index (χ1n) is 23.3. The third-order valence-electron chi connectivity index (χ3n) is 24.3. The monoisotopic (exact) mass is 691 g/mol. The minimum atomic E-state index is -3.07. The quantitative estimate of drug-likeness (QED) is 0.0466. The molecular formula is C46H82Fe. The van der Waals surface area contributed by atoms with Gasteiger partial charge in [0.05, 0.1) is 0 Å². The average molecular weight is 691 g/mol. The molecule has 0 aromatic heterocycles. The predicted molar refractivity (Wildman–Crippen MR) is 204 cm³/mol. The SMILES string of the molecule is CCCCCCCCCCCCCCCCCC[C]12[CH]3[CH]4[CH]5[C]1(CCCCCCCCCCCCCCCCCC)[Fe]43521678[CH]2[CH]1[CH]6[CH]7[CH]28. The number of rotatable bonds is 34. The Morgan fingerprint density at radius 3 is 0.681 bits per heavy atom. The molecule has 4 unspecified atom stereocenters. The maximum atomic E-state index is 2.33. The van der Waals surface area contributed by atoms with E-state index in [1.165, 1.54) is 180 Å². The summed E-state index contributed by atoms with van der Waals surface area (Å²) in [6.07, 6.45) is 52.3. The van der Waals surface area contributed by atoms with Crippen molar-refractivity contribution in [2.24, 2.45) is 0 Å². The molecule has 0 aliphatic carbocycles. The van der Waals surface area contributed by atoms with Crippen molar-refractivity contribution in [2.45, 2.75) is 279 Å². The summed E-state index contributed by atoms with van der Waals surface area (Å²) in [6, 6.07) is 0. The Labute approximate surface area is 284 Å². The van der Waals surface area contributed by atoms with E-state index < -0.39 is 6.51 Å². The van der Waals surface area contributed by atoms with Gasteiger partial charge in [0.15, 0.2) is 0 Å². The van der Waals surface area contributed by atoms with Crippen molar-refractivity contribution < 1.29 is 6.51 Å². The number of unbranched alkanes of at least 4 members (excludes halogenated alkanes) is 30. The molecule has 10 heterocycles. The van der Waals surface area contributed by atoms with Gasteiger partial charge in [-0.05, 0) is 0 Å². The van der Waals surface area contributed by atoms with Gasteiger partial charge in [0.25, 0.3) is 0 Å². The predicted octanol–water partition coefficient (Wildman–Crippen LogP) is 17.4. The molecule has 47 heavy (non-hydrogen) atoms. The molecule has 0 amide bonds. The molecule has 1 heteroatoms. The molecule has 10 rings (SSSR count). The van der Waals surface area contributed by atoms with Crippen LogP contribution in [0.1, 0.15) is 232 Å². The van der Waals surface area contributed by atoms with Crippen molar-refractivity contribution in [3.63, 3.8) is 0 Å². The van der Waals surface area contributed by atoms with Crippen molar-refractivity contribution in [3.8, 4) is 0 Å². The van der Waals surface area contributed by atoms with Crippen molar-refractivity contribution in [3.05, 3.63) is 0 Å². The number of hydrogen-bond acceptors (Lipinski definition) is 0. The van der Waals surface area contributed by atoms with Crippen LogP contribution in [0.25, 0.3) is 0 Å². The normalized spacial score (nSPS) is 52.4. The Balaban J connectivity index is 0.589. The molecular weight excluding hydrogens is 608 g/mol. The van der Waals surface area contributed by atoms with Crippen molar-refractivity contribution >= 4 is 0 Å². The summed E-state index contributed by atoms with van der Waals surface area (Å²) >= 11 is 0. The molecule has 10 fully saturated rings. The Bertz CT molecular complexity index is 1330. The molecule has 0 bridgehead atoms. The summed E-state index contributed by atoms with van der Waals surface area (Å²) in [5.74, 6) is 0. The van der Waals surface area contributed by atoms with Gasteiger partial charge in [-0.3, -0.25) is 0 Å². The van der Waals surface area contributed by atoms with E-state index in [-0.39, 0.29) is 0 Å². The number of fused-ring (bicyclic) bond motifs is 10. The average Bonchev–Trinajstić information content (AvgIpc) is 4.04. The van der Waals surface area contributed by atoms with Crippen LogP contribution in [0.2, 0.25) is 47.2 Å². The van der Waals surface area contributed by atoms with Crippen LogP contribution in [0.5, 0.6) is 0 Å². The molecule has 1 spiro atoms. The third-order valence-corrected chi connectivity index (χ3v) is 68.4. The van der Waals surface area contributed by atoms with Gasteiger partial charge in [0.2, 0.25) is 0 Å². The van der Waals surface area contributed by atoms with Crippen molar-refractivity contribution in [2.75, 3.05) is 0 Å². The summed E-state index contributed by atoms with van der Waals surface area (Å²) < 4.78 is 2.33. The molecule has 10 saturated heterocycles. The van der Waals surface area contributed by atoms with Crippen LogP contribution < -0.4 is 0 Å². The Morgan fingerprint density at radius 2 is 0.489 bits per heavy atom. The second kappa shape index (κ2) is 7.22. The zero-order valence-corrected chi connectivity index (χ0v) is 33.1. The minimum absolute atomic E-state index is 1.16. The van der Waals surface area contributed by atoms with E-state index in [1.807, 2.05) is 12.8 Å². The molecule has 0 radical (unpaired) electrons. The Hall–Kier alpha value is 0.519. The Morgan fingerprint density at radius 1 is 0.277 bits per heavy atom. The van der Waals surface area contributed by atoms with E-state index in [2.05, 4.69) is 13.8 Å². The van der Waals surface area contributed by atoms with Crippen LogP contribution in [0.15, 0.2) is 0 Å². The molecule has 0 aromatic carbocycles. The molecule has 4 atom stereocenters. The summed E-state index contributed by atoms with van der Waals surface area (Å²) in [4.78, 5) is 12.2. The first kappa shape index (κ1) is 32.2. The molecule has 10 aliphatic heterocycles. The fraction of sp³-hybridized carbons (Fsp3) is 1.00. The van der Waals surface area contributed by atoms with Gasteiger partial charge in [-0.1, -0.05) is 90.9 Å². The van der Waals surface area contributed by atoms with Crippen LogP contribution in [-0.4, -0.2) is 0 Å². The summed E-state index contributed by atoms with van der Waals surface area (Å²) in [5.41, 5.74) is 0. The zero-order valence-electron chi connectivity index (χ0n) is 32.0. The van der Waals surface area contributed by atoms with E-state index >= 15 is 0 Å². The van der Waals surface area contributed by atoms with Gasteiger partial charge in [-0.15, -0.1) is 0 Å². The van der Waals surface area contributed by atoms with Crippen LogP contribution in [0, 0.1) is 0 Å². The first-order chi connectivity index (χ1) is 23.1. The molecule has 10 aliphatic rings. The van der Waals surface area contributed by atoms with E-state index in [0.717, 1.165) is 8.63 Å². The van der Waals surface area contributed by atoms with Crippen LogP contribution in [0.4, 0.5) is 0 Å². The topological polar surface area (TPSA) is 0 Å². The number of hydrogen-bond donors (Lipinski definition) is 0. The standard InChI is InChI=1S/C41H77.C5H5.Fe/c1-3-5-7-9-11-13-15-17-19-21-23-25-27-29-31-33-36-40-38-35-39-41(40)37-34-32-30-28-26-24-22-20-18-16-14-12-10-8-6-4-2;1-2-4-5-3-1;/h35,38-39H,3-34,36-37H2,1-2H3;1-5H;. The maximum absolute atomic E-state index is 3.07. The van der Waals surface area contributed by atoms with Crippen LogP contribution in [-0.2, 0) is 6.51 Å². The summed E-state index contributed by atoms with van der Waals surface area (Å²) in [5, 5.41) is 0. The van der Waals surface area contributed by atoms with Gasteiger partial charge in [-0.25, -0.2) is 0 Å². The van der Waals surface area contributed by atoms with E-state index in [9.17, 15) is 0 Å². The van der Waals surface area contributed by atoms with E-state index in [0.29, 0.717) is 0 Å². The summed E-state index contributed by atoms with van der Waals surface area (Å²) in [6.45, 7) is 1.58. The fourth-order valence-corrected chi connectivity index (χ4v) is 103. The van der Waals surface area contributed by atoms with Gasteiger partial charge in [0, 0.05) is 0 Å². The van der Waals surface area contributed by atoms with Crippen LogP contribution >= 0.6 is 0 Å². The van der Waals surface area contributed by atoms with E-state index in [4.69, 9.17) is 0 Å². The van der Waals surface area contributed by atoms with Gasteiger partial charge < -0.3 is 0 Å². The summed E-state index contributed by atoms with van der Waals surface area (Å²) in [7, 11) is 0. The van der Waals surface area contributed by atoms with E-state index in [1.54, 1.807) is 64.2 Å². The zero-order chi connectivity index (χ0) is 32.0. The van der Waals surface area contributed by atoms with Crippen LogP contribution in [0.3, 0.4) is 0 Å². The molecule has 0 aromatic rings. The Kier molecular flexibility index (Phi) is 4.95. The second-order valence-electron chi connectivity index (χ2n) is 22.2. The molecule has 0 nitrogen and oxygen atoms in total. The third kappa shape index (κ3) is 1.31. The van der Waals surface area contributed by atoms with Crippen molar-refractivity contribution in [1.29, 1.82) is 0 Å². The van der Waals surface area contributed by atoms with Gasteiger partial charge in [0.1, 0.15) is 0 Å². The fourth-order valence-electron chi connectivity index (χ4n) is 24.8. The molecule has 0 saturated carbocycles.